The van der Waals surface area contributed by atoms with Gasteiger partial charge in [0, 0.05) is 5.39 Å². The summed E-state index contributed by atoms with van der Waals surface area (Å²) in [6.07, 6.45) is 0. The number of pyridine rings is 1. The number of aromatic carboxylic acids is 1. The van der Waals surface area contributed by atoms with Crippen molar-refractivity contribution in [3.05, 3.63) is 46.6 Å². The topological polar surface area (TPSA) is 63.1 Å². The second kappa shape index (κ2) is 4.68. The number of aromatic nitrogens is 2. The Hall–Kier alpha value is -2.27. The van der Waals surface area contributed by atoms with Gasteiger partial charge in [0.25, 0.3) is 0 Å². The first-order chi connectivity index (χ1) is 9.54. The Balaban J connectivity index is 2.14. The van der Waals surface area contributed by atoms with Crippen molar-refractivity contribution >= 4 is 28.2 Å². The van der Waals surface area contributed by atoms with Crippen LogP contribution in [0.15, 0.2) is 30.3 Å². The Labute approximate surface area is 119 Å². The summed E-state index contributed by atoms with van der Waals surface area (Å²) in [6.45, 7) is 3.94. The number of fused-ring (bicyclic) bond motifs is 1. The zero-order valence-electron chi connectivity index (χ0n) is 11.0. The summed E-state index contributed by atoms with van der Waals surface area (Å²) in [6, 6.07) is 8.77. The van der Waals surface area contributed by atoms with Gasteiger partial charge in [-0.1, -0.05) is 6.07 Å². The van der Waals surface area contributed by atoms with E-state index in [1.54, 1.807) is 29.5 Å². The van der Waals surface area contributed by atoms with Crippen LogP contribution in [0.25, 0.3) is 21.5 Å². The zero-order valence-corrected chi connectivity index (χ0v) is 11.9. The molecular formula is C15H12N2O2S. The van der Waals surface area contributed by atoms with Crippen molar-refractivity contribution in [2.24, 2.45) is 0 Å². The van der Waals surface area contributed by atoms with E-state index in [4.69, 9.17) is 5.11 Å². The molecule has 4 nitrogen and oxygen atoms in total. The molecule has 0 fully saturated rings. The molecular weight excluding hydrogens is 272 g/mol. The maximum Gasteiger partial charge on any atom is 0.335 e. The fraction of sp³-hybridized carbons (Fsp3) is 0.133. The highest BCUT2D eigenvalue weighted by molar-refractivity contribution is 7.15. The quantitative estimate of drug-likeness (QED) is 0.779. The molecule has 3 aromatic rings. The van der Waals surface area contributed by atoms with Gasteiger partial charge in [0.1, 0.15) is 0 Å². The molecule has 5 heteroatoms. The van der Waals surface area contributed by atoms with Gasteiger partial charge in [0.05, 0.1) is 32.4 Å². The molecule has 2 aromatic heterocycles. The summed E-state index contributed by atoms with van der Waals surface area (Å²) in [4.78, 5) is 21.0. The van der Waals surface area contributed by atoms with E-state index in [1.165, 1.54) is 0 Å². The van der Waals surface area contributed by atoms with E-state index < -0.39 is 5.97 Å². The van der Waals surface area contributed by atoms with E-state index in [0.29, 0.717) is 0 Å². The lowest BCUT2D eigenvalue weighted by Crippen LogP contribution is -1.96. The molecule has 0 amide bonds. The molecule has 1 aromatic carbocycles. The summed E-state index contributed by atoms with van der Waals surface area (Å²) in [7, 11) is 0. The van der Waals surface area contributed by atoms with E-state index >= 15 is 0 Å². The summed E-state index contributed by atoms with van der Waals surface area (Å²) >= 11 is 1.62. The van der Waals surface area contributed by atoms with Gasteiger partial charge in [-0.05, 0) is 38.1 Å². The number of hydrogen-bond donors (Lipinski definition) is 1. The van der Waals surface area contributed by atoms with Crippen LogP contribution in [0.3, 0.4) is 0 Å². The minimum Gasteiger partial charge on any atom is -0.478 e. The van der Waals surface area contributed by atoms with Gasteiger partial charge in [-0.3, -0.25) is 0 Å². The van der Waals surface area contributed by atoms with Crippen molar-refractivity contribution in [2.75, 3.05) is 0 Å². The summed E-state index contributed by atoms with van der Waals surface area (Å²) in [5.74, 6) is -0.926. The predicted octanol–water partition coefficient (Wildman–Crippen LogP) is 3.67. The third kappa shape index (κ3) is 2.16. The standard InChI is InChI=1S/C15H12N2O2S/c1-8-14(20-9(2)16-8)13-6-3-10-7-11(15(18)19)4-5-12(10)17-13/h3-7H,1-2H3,(H,18,19). The van der Waals surface area contributed by atoms with E-state index in [9.17, 15) is 4.79 Å². The highest BCUT2D eigenvalue weighted by Gasteiger charge is 2.10. The number of nitrogens with zero attached hydrogens (tertiary/aromatic N) is 2. The highest BCUT2D eigenvalue weighted by atomic mass is 32.1. The van der Waals surface area contributed by atoms with Crippen LogP contribution in [-0.4, -0.2) is 21.0 Å². The maximum atomic E-state index is 11.0. The third-order valence-electron chi connectivity index (χ3n) is 3.07. The first kappa shape index (κ1) is 12.7. The van der Waals surface area contributed by atoms with Gasteiger partial charge < -0.3 is 5.11 Å². The number of rotatable bonds is 2. The number of thiazole rings is 1. The Kier molecular flexibility index (Phi) is 2.99. The van der Waals surface area contributed by atoms with Crippen LogP contribution in [0.5, 0.6) is 0 Å². The SMILES string of the molecule is Cc1nc(C)c(-c2ccc3cc(C(=O)O)ccc3n2)s1. The molecule has 0 radical (unpaired) electrons. The van der Waals surface area contributed by atoms with Crippen LogP contribution in [0, 0.1) is 13.8 Å². The highest BCUT2D eigenvalue weighted by Crippen LogP contribution is 2.29. The van der Waals surface area contributed by atoms with E-state index in [1.807, 2.05) is 26.0 Å². The molecule has 0 bridgehead atoms. The average Bonchev–Trinajstić information content (AvgIpc) is 2.76. The Bertz CT molecular complexity index is 824. The molecule has 0 atom stereocenters. The van der Waals surface area contributed by atoms with Gasteiger partial charge in [0.2, 0.25) is 0 Å². The van der Waals surface area contributed by atoms with Crippen LogP contribution >= 0.6 is 11.3 Å². The normalized spacial score (nSPS) is 10.9. The van der Waals surface area contributed by atoms with Crippen LogP contribution in [0.4, 0.5) is 0 Å². The number of hydrogen-bond acceptors (Lipinski definition) is 4. The molecule has 2 heterocycles. The van der Waals surface area contributed by atoms with Gasteiger partial charge in [-0.2, -0.15) is 0 Å². The molecule has 0 saturated carbocycles. The summed E-state index contributed by atoms with van der Waals surface area (Å²) in [5.41, 5.74) is 2.92. The van der Waals surface area contributed by atoms with Gasteiger partial charge in [-0.25, -0.2) is 14.8 Å². The Morgan fingerprint density at radius 1 is 1.15 bits per heavy atom. The van der Waals surface area contributed by atoms with Crippen LogP contribution in [0.1, 0.15) is 21.1 Å². The fourth-order valence-electron chi connectivity index (χ4n) is 2.15. The van der Waals surface area contributed by atoms with Crippen molar-refractivity contribution < 1.29 is 9.90 Å². The van der Waals surface area contributed by atoms with Crippen LogP contribution in [0.2, 0.25) is 0 Å². The lowest BCUT2D eigenvalue weighted by Gasteiger charge is -2.03. The lowest BCUT2D eigenvalue weighted by molar-refractivity contribution is 0.0697. The van der Waals surface area contributed by atoms with Crippen LogP contribution < -0.4 is 0 Å². The fourth-order valence-corrected chi connectivity index (χ4v) is 3.04. The smallest absolute Gasteiger partial charge is 0.335 e. The minimum absolute atomic E-state index is 0.275. The Morgan fingerprint density at radius 2 is 1.95 bits per heavy atom. The third-order valence-corrected chi connectivity index (χ3v) is 4.17. The molecule has 1 N–H and O–H groups in total. The molecule has 0 aliphatic carbocycles. The summed E-state index contributed by atoms with van der Waals surface area (Å²) < 4.78 is 0. The Morgan fingerprint density at radius 3 is 2.60 bits per heavy atom. The molecule has 0 aliphatic rings. The molecule has 100 valence electrons. The van der Waals surface area contributed by atoms with Crippen molar-refractivity contribution in [1.82, 2.24) is 9.97 Å². The van der Waals surface area contributed by atoms with Crippen molar-refractivity contribution in [3.63, 3.8) is 0 Å². The van der Waals surface area contributed by atoms with Crippen molar-refractivity contribution in [3.8, 4) is 10.6 Å². The average molecular weight is 284 g/mol. The number of carboxylic acid groups (broad SMARTS) is 1. The van der Waals surface area contributed by atoms with Crippen molar-refractivity contribution in [1.29, 1.82) is 0 Å². The molecule has 0 aliphatic heterocycles. The van der Waals surface area contributed by atoms with E-state index in [-0.39, 0.29) is 5.56 Å². The number of benzene rings is 1. The monoisotopic (exact) mass is 284 g/mol. The molecule has 20 heavy (non-hydrogen) atoms. The second-order valence-corrected chi connectivity index (χ2v) is 5.76. The number of carboxylic acids is 1. The maximum absolute atomic E-state index is 11.0. The number of aryl methyl sites for hydroxylation is 2. The zero-order chi connectivity index (χ0) is 14.3. The molecule has 0 saturated heterocycles. The first-order valence-electron chi connectivity index (χ1n) is 6.13. The molecule has 0 unspecified atom stereocenters. The van der Waals surface area contributed by atoms with Gasteiger partial charge in [0.15, 0.2) is 0 Å². The largest absolute Gasteiger partial charge is 0.478 e. The van der Waals surface area contributed by atoms with E-state index in [0.717, 1.165) is 32.2 Å². The van der Waals surface area contributed by atoms with Gasteiger partial charge >= 0.3 is 5.97 Å². The second-order valence-electron chi connectivity index (χ2n) is 4.56. The van der Waals surface area contributed by atoms with Gasteiger partial charge in [-0.15, -0.1) is 11.3 Å². The lowest BCUT2D eigenvalue weighted by atomic mass is 10.1. The van der Waals surface area contributed by atoms with E-state index in [2.05, 4.69) is 9.97 Å². The molecule has 3 rings (SSSR count). The predicted molar refractivity (Wildman–Crippen MR) is 79.3 cm³/mol. The van der Waals surface area contributed by atoms with Crippen LogP contribution in [-0.2, 0) is 0 Å². The summed E-state index contributed by atoms with van der Waals surface area (Å²) in [5, 5.41) is 10.8. The minimum atomic E-state index is -0.926. The molecule has 0 spiro atoms. The number of carbonyl (C=O) groups is 1. The van der Waals surface area contributed by atoms with Crippen molar-refractivity contribution in [2.45, 2.75) is 13.8 Å². The first-order valence-corrected chi connectivity index (χ1v) is 6.95.